The van der Waals surface area contributed by atoms with Crippen LogP contribution in [0.25, 0.3) is 0 Å². The first-order chi connectivity index (χ1) is 16.8. The Morgan fingerprint density at radius 2 is 1.94 bits per heavy atom. The number of phenols is 1. The van der Waals surface area contributed by atoms with E-state index in [1.165, 1.54) is 12.8 Å². The largest absolute Gasteiger partial charge is 0.508 e. The number of rotatable bonds is 4. The van der Waals surface area contributed by atoms with Crippen molar-refractivity contribution in [2.24, 2.45) is 11.8 Å². The number of benzene rings is 1. The summed E-state index contributed by atoms with van der Waals surface area (Å²) in [7, 11) is 0. The van der Waals surface area contributed by atoms with Gasteiger partial charge in [0.15, 0.2) is 17.6 Å². The van der Waals surface area contributed by atoms with Crippen molar-refractivity contribution in [2.45, 2.75) is 93.9 Å². The van der Waals surface area contributed by atoms with Crippen LogP contribution in [0.5, 0.6) is 11.5 Å². The summed E-state index contributed by atoms with van der Waals surface area (Å²) in [5.74, 6) is 1.40. The molecule has 7 rings (SSSR count). The topological polar surface area (TPSA) is 102 Å². The molecule has 0 unspecified atom stereocenters. The maximum atomic E-state index is 13.5. The van der Waals surface area contributed by atoms with E-state index in [0.29, 0.717) is 30.4 Å². The van der Waals surface area contributed by atoms with E-state index in [4.69, 9.17) is 4.74 Å². The number of amides is 1. The SMILES string of the molecule is CC1CCC(NC(=O)C2=C(O)[C@@H]3Oc4c(O)ccc5c4[C@@]34CCN(CC3CC3)[C@H](C5)[C@]4(O)C2)CC1. The standard InChI is InChI=1S/C28H36N2O5/c1-15-2-7-18(8-3-15)29-26(33)19-13-28(34)21-12-17-6-9-20(31)24-22(17)27(28,25(35-24)23(19)32)10-11-30(21)14-16-4-5-16/h6,9,15-16,18,21,25,31-32,34H,2-5,7-8,10-14H2,1H3,(H,29,33)/t15?,18?,21-,25+,27+,28-/m1/s1. The minimum absolute atomic E-state index is 0.0314. The van der Waals surface area contributed by atoms with E-state index >= 15 is 0 Å². The predicted octanol–water partition coefficient (Wildman–Crippen LogP) is 3.07. The molecule has 4 aliphatic carbocycles. The number of likely N-dealkylation sites (tertiary alicyclic amines) is 1. The molecule has 1 amide bonds. The van der Waals surface area contributed by atoms with Gasteiger partial charge in [-0.05, 0) is 81.4 Å². The number of hydrogen-bond acceptors (Lipinski definition) is 6. The highest BCUT2D eigenvalue weighted by Crippen LogP contribution is 2.66. The number of aliphatic hydroxyl groups is 2. The van der Waals surface area contributed by atoms with Crippen LogP contribution in [-0.4, -0.2) is 63.0 Å². The summed E-state index contributed by atoms with van der Waals surface area (Å²) in [6.07, 6.45) is 7.05. The lowest BCUT2D eigenvalue weighted by Gasteiger charge is -2.62. The number of carbonyl (C=O) groups is 1. The summed E-state index contributed by atoms with van der Waals surface area (Å²) >= 11 is 0. The van der Waals surface area contributed by atoms with Crippen LogP contribution >= 0.6 is 0 Å². The number of piperidine rings is 1. The Morgan fingerprint density at radius 3 is 2.69 bits per heavy atom. The third-order valence-corrected chi connectivity index (χ3v) is 10.1. The Morgan fingerprint density at radius 1 is 1.17 bits per heavy atom. The molecule has 7 heteroatoms. The van der Waals surface area contributed by atoms with E-state index in [1.807, 2.05) is 6.07 Å². The van der Waals surface area contributed by atoms with Crippen LogP contribution < -0.4 is 10.1 Å². The molecule has 1 spiro atoms. The Balaban J connectivity index is 1.31. The van der Waals surface area contributed by atoms with Crippen molar-refractivity contribution >= 4 is 5.91 Å². The minimum atomic E-state index is -1.25. The van der Waals surface area contributed by atoms with Crippen LogP contribution in [0.4, 0.5) is 0 Å². The maximum absolute atomic E-state index is 13.5. The Bertz CT molecular complexity index is 1120. The van der Waals surface area contributed by atoms with Gasteiger partial charge in [-0.2, -0.15) is 0 Å². The second-order valence-corrected chi connectivity index (χ2v) is 12.2. The molecule has 2 heterocycles. The fourth-order valence-corrected chi connectivity index (χ4v) is 8.05. The molecule has 4 atom stereocenters. The van der Waals surface area contributed by atoms with E-state index in [0.717, 1.165) is 49.9 Å². The summed E-state index contributed by atoms with van der Waals surface area (Å²) in [5, 5.41) is 38.0. The maximum Gasteiger partial charge on any atom is 0.251 e. The van der Waals surface area contributed by atoms with Gasteiger partial charge in [-0.15, -0.1) is 0 Å². The molecule has 7 nitrogen and oxygen atoms in total. The summed E-state index contributed by atoms with van der Waals surface area (Å²) in [6, 6.07) is 3.55. The molecule has 2 aliphatic heterocycles. The van der Waals surface area contributed by atoms with Crippen molar-refractivity contribution in [3.63, 3.8) is 0 Å². The van der Waals surface area contributed by atoms with Crippen LogP contribution in [0.2, 0.25) is 0 Å². The average molecular weight is 481 g/mol. The van der Waals surface area contributed by atoms with Crippen LogP contribution in [0.3, 0.4) is 0 Å². The number of ether oxygens (including phenoxy) is 1. The molecular formula is C28H36N2O5. The zero-order valence-corrected chi connectivity index (χ0v) is 20.4. The van der Waals surface area contributed by atoms with Crippen LogP contribution in [0.1, 0.15) is 69.4 Å². The quantitative estimate of drug-likeness (QED) is 0.528. The fraction of sp³-hybridized carbons (Fsp3) is 0.679. The van der Waals surface area contributed by atoms with Gasteiger partial charge in [0, 0.05) is 30.6 Å². The number of aliphatic hydroxyl groups excluding tert-OH is 1. The van der Waals surface area contributed by atoms with Crippen LogP contribution in [0.15, 0.2) is 23.5 Å². The molecule has 0 radical (unpaired) electrons. The van der Waals surface area contributed by atoms with Gasteiger partial charge >= 0.3 is 0 Å². The first kappa shape index (κ1) is 22.0. The van der Waals surface area contributed by atoms with Gasteiger partial charge in [0.25, 0.3) is 5.91 Å². The number of nitrogens with one attached hydrogen (secondary N) is 1. The van der Waals surface area contributed by atoms with Crippen LogP contribution in [-0.2, 0) is 16.6 Å². The Labute approximate surface area is 206 Å². The van der Waals surface area contributed by atoms with Crippen LogP contribution in [0, 0.1) is 11.8 Å². The van der Waals surface area contributed by atoms with E-state index in [2.05, 4.69) is 17.1 Å². The highest BCUT2D eigenvalue weighted by molar-refractivity contribution is 5.95. The summed E-state index contributed by atoms with van der Waals surface area (Å²) in [6.45, 7) is 4.02. The smallest absolute Gasteiger partial charge is 0.251 e. The highest BCUT2D eigenvalue weighted by Gasteiger charge is 2.73. The first-order valence-electron chi connectivity index (χ1n) is 13.5. The predicted molar refractivity (Wildman–Crippen MR) is 129 cm³/mol. The molecule has 3 fully saturated rings. The lowest BCUT2D eigenvalue weighted by Crippen LogP contribution is -2.75. The summed E-state index contributed by atoms with van der Waals surface area (Å²) in [4.78, 5) is 16.0. The Kier molecular flexibility index (Phi) is 4.64. The van der Waals surface area contributed by atoms with E-state index in [9.17, 15) is 20.1 Å². The van der Waals surface area contributed by atoms with Crippen molar-refractivity contribution in [1.82, 2.24) is 10.2 Å². The number of aromatic hydroxyl groups is 1. The molecule has 4 N–H and O–H groups in total. The molecule has 188 valence electrons. The molecule has 1 aromatic rings. The zero-order valence-electron chi connectivity index (χ0n) is 20.4. The summed E-state index contributed by atoms with van der Waals surface area (Å²) < 4.78 is 6.28. The third-order valence-electron chi connectivity index (χ3n) is 10.1. The molecule has 2 bridgehead atoms. The average Bonchev–Trinajstić information content (AvgIpc) is 3.57. The lowest BCUT2D eigenvalue weighted by molar-refractivity contribution is -0.172. The summed E-state index contributed by atoms with van der Waals surface area (Å²) in [5.41, 5.74) is 0.0671. The van der Waals surface area contributed by atoms with Gasteiger partial charge in [0.05, 0.1) is 16.6 Å². The van der Waals surface area contributed by atoms with Gasteiger partial charge in [-0.25, -0.2) is 0 Å². The molecule has 0 aromatic heterocycles. The van der Waals surface area contributed by atoms with Crippen molar-refractivity contribution in [2.75, 3.05) is 13.1 Å². The van der Waals surface area contributed by atoms with Gasteiger partial charge < -0.3 is 25.4 Å². The molecule has 1 saturated heterocycles. The van der Waals surface area contributed by atoms with E-state index < -0.39 is 17.1 Å². The zero-order chi connectivity index (χ0) is 24.1. The van der Waals surface area contributed by atoms with Gasteiger partial charge in [-0.3, -0.25) is 9.69 Å². The number of phenolic OH excluding ortho intramolecular Hbond substituents is 1. The molecule has 35 heavy (non-hydrogen) atoms. The van der Waals surface area contributed by atoms with Crippen molar-refractivity contribution in [1.29, 1.82) is 0 Å². The monoisotopic (exact) mass is 480 g/mol. The third kappa shape index (κ3) is 2.94. The molecule has 2 saturated carbocycles. The molecular weight excluding hydrogens is 444 g/mol. The minimum Gasteiger partial charge on any atom is -0.508 e. The fourth-order valence-electron chi connectivity index (χ4n) is 8.05. The number of carbonyl (C=O) groups excluding carboxylic acids is 1. The van der Waals surface area contributed by atoms with Gasteiger partial charge in [0.1, 0.15) is 5.76 Å². The van der Waals surface area contributed by atoms with Crippen molar-refractivity contribution in [3.8, 4) is 11.5 Å². The van der Waals surface area contributed by atoms with Gasteiger partial charge in [-0.1, -0.05) is 13.0 Å². The van der Waals surface area contributed by atoms with Crippen molar-refractivity contribution < 1.29 is 24.9 Å². The Hall–Kier alpha value is -2.25. The van der Waals surface area contributed by atoms with E-state index in [-0.39, 0.29) is 41.5 Å². The van der Waals surface area contributed by atoms with Gasteiger partial charge in [0.2, 0.25) is 0 Å². The number of hydrogen-bond donors (Lipinski definition) is 4. The normalized spacial score (nSPS) is 39.7. The first-order valence-corrected chi connectivity index (χ1v) is 13.5. The van der Waals surface area contributed by atoms with Crippen molar-refractivity contribution in [3.05, 3.63) is 34.6 Å². The molecule has 6 aliphatic rings. The second-order valence-electron chi connectivity index (χ2n) is 12.2. The highest BCUT2D eigenvalue weighted by atomic mass is 16.5. The lowest BCUT2D eigenvalue weighted by atomic mass is 9.49. The number of nitrogens with zero attached hydrogens (tertiary/aromatic N) is 1. The molecule has 1 aromatic carbocycles. The second kappa shape index (κ2) is 7.39. The van der Waals surface area contributed by atoms with E-state index in [1.54, 1.807) is 6.07 Å².